The van der Waals surface area contributed by atoms with Crippen LogP contribution in [0.3, 0.4) is 0 Å². The van der Waals surface area contributed by atoms with E-state index in [4.69, 9.17) is 23.2 Å². The molecule has 1 atom stereocenters. The summed E-state index contributed by atoms with van der Waals surface area (Å²) >= 11 is 11.8. The van der Waals surface area contributed by atoms with E-state index in [1.165, 1.54) is 0 Å². The van der Waals surface area contributed by atoms with Gasteiger partial charge in [0.25, 0.3) is 0 Å². The fraction of sp³-hybridized carbons (Fsp3) is 0.462. The number of hydrogen-bond acceptors (Lipinski definition) is 3. The second kappa shape index (κ2) is 6.33. The molecule has 110 valence electrons. The van der Waals surface area contributed by atoms with E-state index < -0.39 is 9.84 Å². The Hall–Kier alpha value is -0.780. The molecule has 1 saturated heterocycles. The SMILES string of the molecule is O=C(CC1CCCS(=O)(=O)C1)Nc1cc(Cl)ccc1Cl. The molecule has 1 aromatic carbocycles. The Morgan fingerprint density at radius 3 is 2.80 bits per heavy atom. The molecule has 20 heavy (non-hydrogen) atoms. The van der Waals surface area contributed by atoms with E-state index in [2.05, 4.69) is 5.32 Å². The highest BCUT2D eigenvalue weighted by Gasteiger charge is 2.26. The first-order valence-corrected chi connectivity index (χ1v) is 8.89. The van der Waals surface area contributed by atoms with Crippen LogP contribution in [0.4, 0.5) is 5.69 Å². The van der Waals surface area contributed by atoms with E-state index >= 15 is 0 Å². The second-order valence-electron chi connectivity index (χ2n) is 5.00. The molecule has 1 amide bonds. The lowest BCUT2D eigenvalue weighted by Gasteiger charge is -2.21. The van der Waals surface area contributed by atoms with Gasteiger partial charge in [-0.05, 0) is 37.0 Å². The van der Waals surface area contributed by atoms with Crippen LogP contribution in [0.2, 0.25) is 10.0 Å². The van der Waals surface area contributed by atoms with Crippen LogP contribution in [-0.4, -0.2) is 25.8 Å². The second-order valence-corrected chi connectivity index (χ2v) is 8.07. The van der Waals surface area contributed by atoms with E-state index in [1.54, 1.807) is 18.2 Å². The van der Waals surface area contributed by atoms with Crippen molar-refractivity contribution in [3.05, 3.63) is 28.2 Å². The van der Waals surface area contributed by atoms with Crippen LogP contribution in [0.25, 0.3) is 0 Å². The average molecular weight is 336 g/mol. The molecule has 1 fully saturated rings. The van der Waals surface area contributed by atoms with Crippen molar-refractivity contribution in [1.29, 1.82) is 0 Å². The number of amides is 1. The van der Waals surface area contributed by atoms with Crippen molar-refractivity contribution < 1.29 is 13.2 Å². The molecule has 1 aliphatic heterocycles. The minimum absolute atomic E-state index is 0.0870. The number of anilines is 1. The first-order chi connectivity index (χ1) is 9.35. The highest BCUT2D eigenvalue weighted by Crippen LogP contribution is 2.27. The fourth-order valence-corrected chi connectivity index (χ4v) is 4.45. The number of carbonyl (C=O) groups is 1. The summed E-state index contributed by atoms with van der Waals surface area (Å²) < 4.78 is 23.1. The summed E-state index contributed by atoms with van der Waals surface area (Å²) in [7, 11) is -2.99. The molecule has 0 radical (unpaired) electrons. The molecule has 0 saturated carbocycles. The zero-order valence-corrected chi connectivity index (χ0v) is 13.1. The van der Waals surface area contributed by atoms with Gasteiger partial charge in [0.1, 0.15) is 0 Å². The Morgan fingerprint density at radius 1 is 1.35 bits per heavy atom. The number of sulfone groups is 1. The summed E-state index contributed by atoms with van der Waals surface area (Å²) in [6.45, 7) is 0. The van der Waals surface area contributed by atoms with Gasteiger partial charge in [-0.15, -0.1) is 0 Å². The number of benzene rings is 1. The van der Waals surface area contributed by atoms with E-state index in [-0.39, 0.29) is 29.8 Å². The lowest BCUT2D eigenvalue weighted by Crippen LogP contribution is -2.28. The third-order valence-corrected chi connectivity index (χ3v) is 5.69. The highest BCUT2D eigenvalue weighted by molar-refractivity contribution is 7.91. The van der Waals surface area contributed by atoms with E-state index in [9.17, 15) is 13.2 Å². The maximum absolute atomic E-state index is 11.9. The molecule has 1 heterocycles. The van der Waals surface area contributed by atoms with Crippen LogP contribution < -0.4 is 5.32 Å². The van der Waals surface area contributed by atoms with Crippen LogP contribution in [0.5, 0.6) is 0 Å². The minimum Gasteiger partial charge on any atom is -0.325 e. The van der Waals surface area contributed by atoms with Crippen molar-refractivity contribution in [3.63, 3.8) is 0 Å². The summed E-state index contributed by atoms with van der Waals surface area (Å²) in [4.78, 5) is 11.9. The largest absolute Gasteiger partial charge is 0.325 e. The van der Waals surface area contributed by atoms with E-state index in [0.717, 1.165) is 6.42 Å². The molecule has 1 N–H and O–H groups in total. The average Bonchev–Trinajstić information content (AvgIpc) is 2.32. The zero-order valence-electron chi connectivity index (χ0n) is 10.7. The summed E-state index contributed by atoms with van der Waals surface area (Å²) in [5.41, 5.74) is 0.447. The summed E-state index contributed by atoms with van der Waals surface area (Å²) in [5.74, 6) is -0.0439. The van der Waals surface area contributed by atoms with Crippen LogP contribution >= 0.6 is 23.2 Å². The molecule has 0 aliphatic carbocycles. The van der Waals surface area contributed by atoms with E-state index in [0.29, 0.717) is 22.2 Å². The molecule has 0 aromatic heterocycles. The Balaban J connectivity index is 1.97. The van der Waals surface area contributed by atoms with Crippen molar-refractivity contribution in [3.8, 4) is 0 Å². The number of halogens is 2. The van der Waals surface area contributed by atoms with Gasteiger partial charge in [0, 0.05) is 11.4 Å². The molecule has 4 nitrogen and oxygen atoms in total. The Labute approximate surface area is 128 Å². The van der Waals surface area contributed by atoms with Gasteiger partial charge in [-0.1, -0.05) is 23.2 Å². The van der Waals surface area contributed by atoms with E-state index in [1.807, 2.05) is 0 Å². The van der Waals surface area contributed by atoms with Crippen LogP contribution in [-0.2, 0) is 14.6 Å². The molecule has 0 spiro atoms. The van der Waals surface area contributed by atoms with Gasteiger partial charge in [-0.25, -0.2) is 8.42 Å². The monoisotopic (exact) mass is 335 g/mol. The summed E-state index contributed by atoms with van der Waals surface area (Å²) in [6.07, 6.45) is 1.57. The molecular formula is C13H15Cl2NO3S. The lowest BCUT2D eigenvalue weighted by atomic mass is 10.0. The quantitative estimate of drug-likeness (QED) is 0.922. The summed E-state index contributed by atoms with van der Waals surface area (Å²) in [5, 5.41) is 3.55. The third kappa shape index (κ3) is 4.36. The maximum atomic E-state index is 11.9. The first kappa shape index (κ1) is 15.6. The third-order valence-electron chi connectivity index (χ3n) is 3.23. The van der Waals surface area contributed by atoms with Crippen LogP contribution in [0.15, 0.2) is 18.2 Å². The van der Waals surface area contributed by atoms with Gasteiger partial charge in [0.05, 0.1) is 22.2 Å². The number of rotatable bonds is 3. The summed E-state index contributed by atoms with van der Waals surface area (Å²) in [6, 6.07) is 4.80. The predicted octanol–water partition coefficient (Wildman–Crippen LogP) is 3.15. The van der Waals surface area contributed by atoms with Crippen molar-refractivity contribution in [2.75, 3.05) is 16.8 Å². The minimum atomic E-state index is -2.99. The number of hydrogen-bond donors (Lipinski definition) is 1. The van der Waals surface area contributed by atoms with Gasteiger partial charge >= 0.3 is 0 Å². The topological polar surface area (TPSA) is 63.2 Å². The highest BCUT2D eigenvalue weighted by atomic mass is 35.5. The standard InChI is InChI=1S/C13H15Cl2NO3S/c14-10-3-4-11(15)12(7-10)16-13(17)6-9-2-1-5-20(18,19)8-9/h3-4,7,9H,1-2,5-6,8H2,(H,16,17). The van der Waals surface area contributed by atoms with Crippen LogP contribution in [0.1, 0.15) is 19.3 Å². The normalized spacial score (nSPS) is 21.4. The van der Waals surface area contributed by atoms with Gasteiger partial charge < -0.3 is 5.32 Å². The lowest BCUT2D eigenvalue weighted by molar-refractivity contribution is -0.117. The van der Waals surface area contributed by atoms with Crippen molar-refractivity contribution >= 4 is 44.6 Å². The molecule has 2 rings (SSSR count). The smallest absolute Gasteiger partial charge is 0.224 e. The van der Waals surface area contributed by atoms with Crippen LogP contribution in [0, 0.1) is 5.92 Å². The van der Waals surface area contributed by atoms with Crippen molar-refractivity contribution in [2.24, 2.45) is 5.92 Å². The molecular weight excluding hydrogens is 321 g/mol. The Bertz CT molecular complexity index is 616. The molecule has 7 heteroatoms. The fourth-order valence-electron chi connectivity index (χ4n) is 2.34. The van der Waals surface area contributed by atoms with Crippen molar-refractivity contribution in [1.82, 2.24) is 0 Å². The van der Waals surface area contributed by atoms with Gasteiger partial charge in [0.15, 0.2) is 9.84 Å². The number of nitrogens with one attached hydrogen (secondary N) is 1. The van der Waals surface area contributed by atoms with Gasteiger partial charge in [0.2, 0.25) is 5.91 Å². The van der Waals surface area contributed by atoms with Gasteiger partial charge in [-0.3, -0.25) is 4.79 Å². The Morgan fingerprint density at radius 2 is 2.10 bits per heavy atom. The first-order valence-electron chi connectivity index (χ1n) is 6.31. The predicted molar refractivity (Wildman–Crippen MR) is 81.1 cm³/mol. The molecule has 1 unspecified atom stereocenters. The molecule has 0 bridgehead atoms. The number of carbonyl (C=O) groups excluding carboxylic acids is 1. The van der Waals surface area contributed by atoms with Crippen molar-refractivity contribution in [2.45, 2.75) is 19.3 Å². The Kier molecular flexibility index (Phi) is 4.94. The van der Waals surface area contributed by atoms with Gasteiger partial charge in [-0.2, -0.15) is 0 Å². The molecule has 1 aliphatic rings. The zero-order chi connectivity index (χ0) is 14.8. The maximum Gasteiger partial charge on any atom is 0.224 e. The molecule has 1 aromatic rings.